The maximum absolute atomic E-state index is 12.3. The highest BCUT2D eigenvalue weighted by atomic mass is 35.5. The molecule has 2 aromatic carbocycles. The SMILES string of the molecule is Cc1cc(C)c(NC(=O)COC(=O)c2sc3cc(Cl)ccc3c2Cl)c(C)c1. The largest absolute Gasteiger partial charge is 0.451 e. The average Bonchev–Trinajstić information content (AvgIpc) is 2.92. The molecule has 3 aromatic rings. The van der Waals surface area contributed by atoms with E-state index in [1.54, 1.807) is 18.2 Å². The molecule has 1 amide bonds. The first-order valence-electron chi connectivity index (χ1n) is 8.18. The van der Waals surface area contributed by atoms with Crippen molar-refractivity contribution in [2.45, 2.75) is 20.8 Å². The number of halogens is 2. The summed E-state index contributed by atoms with van der Waals surface area (Å²) in [6, 6.07) is 9.16. The zero-order valence-electron chi connectivity index (χ0n) is 15.0. The third-order valence-corrected chi connectivity index (χ3v) is 5.93. The summed E-state index contributed by atoms with van der Waals surface area (Å²) in [5.74, 6) is -1.04. The van der Waals surface area contributed by atoms with Crippen LogP contribution in [0.25, 0.3) is 10.1 Å². The summed E-state index contributed by atoms with van der Waals surface area (Å²) in [4.78, 5) is 24.8. The predicted octanol–water partition coefficient (Wildman–Crippen LogP) is 5.93. The zero-order valence-corrected chi connectivity index (χ0v) is 17.3. The number of carbonyl (C=O) groups is 2. The van der Waals surface area contributed by atoms with Crippen LogP contribution in [0.5, 0.6) is 0 Å². The summed E-state index contributed by atoms with van der Waals surface area (Å²) in [5, 5.41) is 4.39. The zero-order chi connectivity index (χ0) is 19.7. The van der Waals surface area contributed by atoms with Crippen LogP contribution in [0.3, 0.4) is 0 Å². The molecule has 0 aliphatic heterocycles. The lowest BCUT2D eigenvalue weighted by atomic mass is 10.1. The van der Waals surface area contributed by atoms with Gasteiger partial charge in [0, 0.05) is 20.8 Å². The molecule has 3 rings (SSSR count). The highest BCUT2D eigenvalue weighted by molar-refractivity contribution is 7.21. The molecule has 1 aromatic heterocycles. The van der Waals surface area contributed by atoms with Gasteiger partial charge in [0.05, 0.1) is 5.02 Å². The Kier molecular flexibility index (Phi) is 5.75. The molecule has 4 nitrogen and oxygen atoms in total. The van der Waals surface area contributed by atoms with Crippen molar-refractivity contribution < 1.29 is 14.3 Å². The maximum atomic E-state index is 12.3. The van der Waals surface area contributed by atoms with Crippen molar-refractivity contribution >= 4 is 62.2 Å². The number of hydrogen-bond donors (Lipinski definition) is 1. The van der Waals surface area contributed by atoms with Crippen molar-refractivity contribution in [3.05, 3.63) is 61.9 Å². The Morgan fingerprint density at radius 3 is 2.41 bits per heavy atom. The molecular formula is C20H17Cl2NO3S. The Labute approximate surface area is 171 Å². The van der Waals surface area contributed by atoms with E-state index in [2.05, 4.69) is 5.32 Å². The van der Waals surface area contributed by atoms with E-state index in [1.807, 2.05) is 32.9 Å². The first-order chi connectivity index (χ1) is 12.8. The molecule has 0 saturated carbocycles. The van der Waals surface area contributed by atoms with Crippen LogP contribution in [-0.4, -0.2) is 18.5 Å². The Morgan fingerprint density at radius 2 is 1.74 bits per heavy atom. The second-order valence-electron chi connectivity index (χ2n) is 6.28. The molecule has 0 unspecified atom stereocenters. The number of hydrogen-bond acceptors (Lipinski definition) is 4. The second kappa shape index (κ2) is 7.89. The standard InChI is InChI=1S/C20H17Cl2NO3S/c1-10-6-11(2)18(12(3)7-10)23-16(24)9-26-20(25)19-17(22)14-5-4-13(21)8-15(14)27-19/h4-8H,9H2,1-3H3,(H,23,24). The van der Waals surface area contributed by atoms with Gasteiger partial charge in [-0.15, -0.1) is 11.3 Å². The van der Waals surface area contributed by atoms with Crippen LogP contribution in [0.15, 0.2) is 30.3 Å². The monoisotopic (exact) mass is 421 g/mol. The van der Waals surface area contributed by atoms with E-state index < -0.39 is 18.5 Å². The van der Waals surface area contributed by atoms with Gasteiger partial charge in [0.25, 0.3) is 5.91 Å². The Morgan fingerprint density at radius 1 is 1.07 bits per heavy atom. The molecular weight excluding hydrogens is 405 g/mol. The van der Waals surface area contributed by atoms with Crippen LogP contribution in [0.2, 0.25) is 10.0 Å². The van der Waals surface area contributed by atoms with Crippen LogP contribution in [0.4, 0.5) is 5.69 Å². The lowest BCUT2D eigenvalue weighted by Gasteiger charge is -2.12. The van der Waals surface area contributed by atoms with Gasteiger partial charge in [0.15, 0.2) is 6.61 Å². The number of benzene rings is 2. The van der Waals surface area contributed by atoms with Gasteiger partial charge < -0.3 is 10.1 Å². The van der Waals surface area contributed by atoms with Gasteiger partial charge >= 0.3 is 5.97 Å². The topological polar surface area (TPSA) is 55.4 Å². The Balaban J connectivity index is 1.69. The van der Waals surface area contributed by atoms with Crippen molar-refractivity contribution in [1.29, 1.82) is 0 Å². The van der Waals surface area contributed by atoms with Gasteiger partial charge in [-0.2, -0.15) is 0 Å². The number of aryl methyl sites for hydroxylation is 3. The second-order valence-corrected chi connectivity index (χ2v) is 8.15. The first kappa shape index (κ1) is 19.7. The van der Waals surface area contributed by atoms with Gasteiger partial charge in [-0.1, -0.05) is 47.0 Å². The number of fused-ring (bicyclic) bond motifs is 1. The summed E-state index contributed by atoms with van der Waals surface area (Å²) in [6.45, 7) is 5.44. The quantitative estimate of drug-likeness (QED) is 0.531. The number of ether oxygens (including phenoxy) is 1. The fraction of sp³-hybridized carbons (Fsp3) is 0.200. The first-order valence-corrected chi connectivity index (χ1v) is 9.76. The van der Waals surface area contributed by atoms with E-state index in [-0.39, 0.29) is 4.88 Å². The molecule has 7 heteroatoms. The molecule has 0 fully saturated rings. The molecule has 140 valence electrons. The molecule has 0 saturated heterocycles. The third-order valence-electron chi connectivity index (χ3n) is 4.05. The van der Waals surface area contributed by atoms with Crippen LogP contribution >= 0.6 is 34.5 Å². The van der Waals surface area contributed by atoms with Crippen molar-refractivity contribution in [2.75, 3.05) is 11.9 Å². The van der Waals surface area contributed by atoms with Gasteiger partial charge in [-0.25, -0.2) is 4.79 Å². The fourth-order valence-corrected chi connectivity index (χ4v) is 4.60. The number of anilines is 1. The predicted molar refractivity (Wildman–Crippen MR) is 111 cm³/mol. The average molecular weight is 422 g/mol. The number of nitrogens with one attached hydrogen (secondary N) is 1. The van der Waals surface area contributed by atoms with E-state index in [1.165, 1.54) is 11.3 Å². The van der Waals surface area contributed by atoms with Gasteiger partial charge in [-0.3, -0.25) is 4.79 Å². The number of rotatable bonds is 4. The van der Waals surface area contributed by atoms with Crippen LogP contribution in [0.1, 0.15) is 26.4 Å². The molecule has 0 bridgehead atoms. The van der Waals surface area contributed by atoms with Crippen molar-refractivity contribution in [3.63, 3.8) is 0 Å². The summed E-state index contributed by atoms with van der Waals surface area (Å²) < 4.78 is 5.94. The van der Waals surface area contributed by atoms with Crippen molar-refractivity contribution in [3.8, 4) is 0 Å². The summed E-state index contributed by atoms with van der Waals surface area (Å²) in [7, 11) is 0. The molecule has 0 spiro atoms. The van der Waals surface area contributed by atoms with Gasteiger partial charge in [0.1, 0.15) is 4.88 Å². The summed E-state index contributed by atoms with van der Waals surface area (Å²) in [6.07, 6.45) is 0. The Hall–Kier alpha value is -2.08. The van der Waals surface area contributed by atoms with E-state index in [9.17, 15) is 9.59 Å². The lowest BCUT2D eigenvalue weighted by molar-refractivity contribution is -0.119. The number of thiophene rings is 1. The number of amides is 1. The van der Waals surface area contributed by atoms with E-state index in [0.717, 1.165) is 32.5 Å². The maximum Gasteiger partial charge on any atom is 0.350 e. The minimum Gasteiger partial charge on any atom is -0.451 e. The van der Waals surface area contributed by atoms with Gasteiger partial charge in [-0.05, 0) is 44.0 Å². The van der Waals surface area contributed by atoms with Crippen LogP contribution < -0.4 is 5.32 Å². The Bertz CT molecular complexity index is 1040. The van der Waals surface area contributed by atoms with Crippen LogP contribution in [0, 0.1) is 20.8 Å². The molecule has 0 aliphatic rings. The normalized spacial score (nSPS) is 10.9. The van der Waals surface area contributed by atoms with E-state index in [4.69, 9.17) is 27.9 Å². The smallest absolute Gasteiger partial charge is 0.350 e. The van der Waals surface area contributed by atoms with E-state index in [0.29, 0.717) is 10.0 Å². The van der Waals surface area contributed by atoms with Crippen molar-refractivity contribution in [2.24, 2.45) is 0 Å². The fourth-order valence-electron chi connectivity index (χ4n) is 2.92. The molecule has 0 atom stereocenters. The number of esters is 1. The van der Waals surface area contributed by atoms with Gasteiger partial charge in [0.2, 0.25) is 0 Å². The molecule has 0 aliphatic carbocycles. The molecule has 27 heavy (non-hydrogen) atoms. The highest BCUT2D eigenvalue weighted by Crippen LogP contribution is 2.37. The third kappa shape index (κ3) is 4.26. The minimum absolute atomic E-state index is 0.254. The van der Waals surface area contributed by atoms with Crippen molar-refractivity contribution in [1.82, 2.24) is 0 Å². The highest BCUT2D eigenvalue weighted by Gasteiger charge is 2.20. The molecule has 0 radical (unpaired) electrons. The molecule has 1 N–H and O–H groups in total. The summed E-state index contributed by atoms with van der Waals surface area (Å²) >= 11 is 13.4. The van der Waals surface area contributed by atoms with E-state index >= 15 is 0 Å². The summed E-state index contributed by atoms with van der Waals surface area (Å²) in [5.41, 5.74) is 3.76. The number of carbonyl (C=O) groups excluding carboxylic acids is 2. The molecule has 1 heterocycles. The van der Waals surface area contributed by atoms with Crippen LogP contribution in [-0.2, 0) is 9.53 Å². The minimum atomic E-state index is -0.634. The lowest BCUT2D eigenvalue weighted by Crippen LogP contribution is -2.21.